The van der Waals surface area contributed by atoms with Crippen molar-refractivity contribution >= 4 is 15.9 Å². The van der Waals surface area contributed by atoms with E-state index >= 15 is 0 Å². The number of benzene rings is 1. The van der Waals surface area contributed by atoms with Crippen LogP contribution in [-0.4, -0.2) is 10.1 Å². The molecule has 0 aliphatic carbocycles. The van der Waals surface area contributed by atoms with E-state index in [0.717, 1.165) is 10.7 Å². The average Bonchev–Trinajstić information content (AvgIpc) is 2.36. The maximum Gasteiger partial charge on any atom is 0.141 e. The molecule has 0 saturated carbocycles. The van der Waals surface area contributed by atoms with Crippen molar-refractivity contribution in [2.24, 2.45) is 0 Å². The number of ether oxygens (including phenoxy) is 1. The van der Waals surface area contributed by atoms with E-state index in [0.29, 0.717) is 16.9 Å². The Kier molecular flexibility index (Phi) is 4.50. The highest BCUT2D eigenvalue weighted by molar-refractivity contribution is 9.10. The Balaban J connectivity index is 2.17. The largest absolute Gasteiger partial charge is 0.488 e. The predicted octanol–water partition coefficient (Wildman–Crippen LogP) is 3.62. The van der Waals surface area contributed by atoms with E-state index in [-0.39, 0.29) is 6.61 Å². The number of nitrogens with zero attached hydrogens (tertiary/aromatic N) is 1. The van der Waals surface area contributed by atoms with Gasteiger partial charge in [0.15, 0.2) is 0 Å². The average molecular weight is 326 g/mol. The molecule has 1 atom stereocenters. The zero-order valence-electron chi connectivity index (χ0n) is 10.3. The quantitative estimate of drug-likeness (QED) is 0.933. The highest BCUT2D eigenvalue weighted by Gasteiger charge is 2.10. The lowest BCUT2D eigenvalue weighted by molar-refractivity contribution is 0.190. The van der Waals surface area contributed by atoms with Gasteiger partial charge in [-0.1, -0.05) is 22.0 Å². The minimum atomic E-state index is -0.631. The molecule has 2 aromatic rings. The third-order valence-electron chi connectivity index (χ3n) is 2.58. The van der Waals surface area contributed by atoms with Crippen LogP contribution >= 0.6 is 15.9 Å². The zero-order valence-corrected chi connectivity index (χ0v) is 11.9. The number of rotatable bonds is 4. The molecule has 2 rings (SSSR count). The molecule has 19 heavy (non-hydrogen) atoms. The lowest BCUT2D eigenvalue weighted by Gasteiger charge is -2.13. The van der Waals surface area contributed by atoms with Crippen LogP contribution in [0.1, 0.15) is 24.2 Å². The molecule has 0 amide bonds. The van der Waals surface area contributed by atoms with Crippen LogP contribution in [0.25, 0.3) is 0 Å². The second-order valence-corrected chi connectivity index (χ2v) is 5.07. The van der Waals surface area contributed by atoms with Crippen molar-refractivity contribution < 1.29 is 14.2 Å². The van der Waals surface area contributed by atoms with Crippen LogP contribution in [0, 0.1) is 5.82 Å². The predicted molar refractivity (Wildman–Crippen MR) is 73.3 cm³/mol. The molecule has 0 fully saturated rings. The summed E-state index contributed by atoms with van der Waals surface area (Å²) >= 11 is 3.35. The van der Waals surface area contributed by atoms with Crippen molar-refractivity contribution in [1.82, 2.24) is 4.98 Å². The fourth-order valence-corrected chi connectivity index (χ4v) is 2.01. The Bertz CT molecular complexity index is 575. The molecule has 1 heterocycles. The summed E-state index contributed by atoms with van der Waals surface area (Å²) in [5.74, 6) is 0.166. The second-order valence-electron chi connectivity index (χ2n) is 4.16. The smallest absolute Gasteiger partial charge is 0.141 e. The lowest BCUT2D eigenvalue weighted by atomic mass is 10.1. The second kappa shape index (κ2) is 6.12. The lowest BCUT2D eigenvalue weighted by Crippen LogP contribution is -2.01. The number of pyridine rings is 1. The molecular formula is C14H13BrFNO2. The molecule has 0 bridgehead atoms. The van der Waals surface area contributed by atoms with Crippen LogP contribution in [0.5, 0.6) is 5.75 Å². The first-order valence-corrected chi connectivity index (χ1v) is 6.55. The Labute approximate surface area is 119 Å². The number of hydrogen-bond donors (Lipinski definition) is 1. The summed E-state index contributed by atoms with van der Waals surface area (Å²) in [7, 11) is 0. The summed E-state index contributed by atoms with van der Waals surface area (Å²) in [5.41, 5.74) is 1.32. The minimum Gasteiger partial charge on any atom is -0.488 e. The highest BCUT2D eigenvalue weighted by Crippen LogP contribution is 2.29. The summed E-state index contributed by atoms with van der Waals surface area (Å²) in [6, 6.07) is 6.76. The Morgan fingerprint density at radius 2 is 2.16 bits per heavy atom. The molecule has 1 aromatic heterocycles. The maximum absolute atomic E-state index is 13.0. The summed E-state index contributed by atoms with van der Waals surface area (Å²) in [4.78, 5) is 3.76. The molecular weight excluding hydrogens is 313 g/mol. The molecule has 100 valence electrons. The van der Waals surface area contributed by atoms with Crippen molar-refractivity contribution in [1.29, 1.82) is 0 Å². The number of aromatic nitrogens is 1. The first-order chi connectivity index (χ1) is 9.06. The highest BCUT2D eigenvalue weighted by atomic mass is 79.9. The van der Waals surface area contributed by atoms with Crippen molar-refractivity contribution in [3.63, 3.8) is 0 Å². The van der Waals surface area contributed by atoms with E-state index in [1.807, 2.05) is 6.07 Å². The molecule has 5 heteroatoms. The van der Waals surface area contributed by atoms with Crippen LogP contribution in [0.2, 0.25) is 0 Å². The van der Waals surface area contributed by atoms with Gasteiger partial charge in [0, 0.05) is 21.8 Å². The molecule has 0 aliphatic rings. The molecule has 1 unspecified atom stereocenters. The molecule has 1 N–H and O–H groups in total. The Morgan fingerprint density at radius 1 is 1.37 bits per heavy atom. The van der Waals surface area contributed by atoms with E-state index in [4.69, 9.17) is 4.74 Å². The molecule has 3 nitrogen and oxygen atoms in total. The Morgan fingerprint density at radius 3 is 2.84 bits per heavy atom. The molecule has 0 spiro atoms. The van der Waals surface area contributed by atoms with Crippen molar-refractivity contribution in [2.75, 3.05) is 0 Å². The fraction of sp³-hybridized carbons (Fsp3) is 0.214. The van der Waals surface area contributed by atoms with E-state index < -0.39 is 11.9 Å². The van der Waals surface area contributed by atoms with Crippen molar-refractivity contribution in [2.45, 2.75) is 19.6 Å². The molecule has 0 radical (unpaired) electrons. The number of hydrogen-bond acceptors (Lipinski definition) is 3. The topological polar surface area (TPSA) is 42.4 Å². The first-order valence-electron chi connectivity index (χ1n) is 5.76. The van der Waals surface area contributed by atoms with Gasteiger partial charge in [-0.15, -0.1) is 0 Å². The van der Waals surface area contributed by atoms with Crippen molar-refractivity contribution in [3.8, 4) is 5.75 Å². The normalized spacial score (nSPS) is 12.2. The van der Waals surface area contributed by atoms with Gasteiger partial charge in [0.1, 0.15) is 18.2 Å². The summed E-state index contributed by atoms with van der Waals surface area (Å²) in [6.45, 7) is 1.86. The van der Waals surface area contributed by atoms with E-state index in [2.05, 4.69) is 20.9 Å². The maximum atomic E-state index is 13.0. The number of halogens is 2. The van der Waals surface area contributed by atoms with Crippen LogP contribution in [-0.2, 0) is 6.61 Å². The van der Waals surface area contributed by atoms with Gasteiger partial charge >= 0.3 is 0 Å². The van der Waals surface area contributed by atoms with Gasteiger partial charge in [-0.2, -0.15) is 0 Å². The number of aliphatic hydroxyl groups is 1. The monoisotopic (exact) mass is 325 g/mol. The van der Waals surface area contributed by atoms with Gasteiger partial charge in [-0.3, -0.25) is 4.98 Å². The molecule has 0 aliphatic heterocycles. The third kappa shape index (κ3) is 3.75. The van der Waals surface area contributed by atoms with Crippen LogP contribution < -0.4 is 4.74 Å². The van der Waals surface area contributed by atoms with Crippen LogP contribution in [0.15, 0.2) is 41.1 Å². The summed E-state index contributed by atoms with van der Waals surface area (Å²) in [6.07, 6.45) is 2.06. The van der Waals surface area contributed by atoms with E-state index in [1.54, 1.807) is 25.3 Å². The summed E-state index contributed by atoms with van der Waals surface area (Å²) in [5, 5.41) is 9.67. The first kappa shape index (κ1) is 14.0. The number of aliphatic hydroxyl groups excluding tert-OH is 1. The third-order valence-corrected chi connectivity index (χ3v) is 3.07. The van der Waals surface area contributed by atoms with Crippen LogP contribution in [0.4, 0.5) is 4.39 Å². The van der Waals surface area contributed by atoms with Gasteiger partial charge in [0.25, 0.3) is 0 Å². The van der Waals surface area contributed by atoms with Crippen LogP contribution in [0.3, 0.4) is 0 Å². The van der Waals surface area contributed by atoms with Gasteiger partial charge in [-0.25, -0.2) is 4.39 Å². The van der Waals surface area contributed by atoms with Crippen molar-refractivity contribution in [3.05, 3.63) is 58.1 Å². The van der Waals surface area contributed by atoms with Gasteiger partial charge in [-0.05, 0) is 25.1 Å². The molecule has 0 saturated heterocycles. The van der Waals surface area contributed by atoms with Gasteiger partial charge < -0.3 is 9.84 Å². The standard InChI is InChI=1S/C14H13BrFNO2/c1-9(18)13-3-2-11(15)5-14(13)19-8-10-4-12(16)7-17-6-10/h2-7,9,18H,8H2,1H3. The minimum absolute atomic E-state index is 0.195. The Hall–Kier alpha value is -1.46. The zero-order chi connectivity index (χ0) is 13.8. The van der Waals surface area contributed by atoms with E-state index in [1.165, 1.54) is 6.07 Å². The van der Waals surface area contributed by atoms with Gasteiger partial charge in [0.05, 0.1) is 12.3 Å². The fourth-order valence-electron chi connectivity index (χ4n) is 1.67. The van der Waals surface area contributed by atoms with E-state index in [9.17, 15) is 9.50 Å². The van der Waals surface area contributed by atoms with Gasteiger partial charge in [0.2, 0.25) is 0 Å². The summed E-state index contributed by atoms with van der Waals surface area (Å²) < 4.78 is 19.5. The SMILES string of the molecule is CC(O)c1ccc(Br)cc1OCc1cncc(F)c1. The molecule has 1 aromatic carbocycles.